The molecule has 116 valence electrons. The van der Waals surface area contributed by atoms with Gasteiger partial charge in [0.1, 0.15) is 0 Å². The van der Waals surface area contributed by atoms with Crippen molar-refractivity contribution in [3.8, 4) is 0 Å². The molecule has 0 aliphatic carbocycles. The molecule has 2 aromatic rings. The van der Waals surface area contributed by atoms with E-state index in [0.717, 1.165) is 0 Å². The van der Waals surface area contributed by atoms with Crippen molar-refractivity contribution in [3.05, 3.63) is 47.2 Å². The Morgan fingerprint density at radius 3 is 2.59 bits per heavy atom. The van der Waals surface area contributed by atoms with Gasteiger partial charge < -0.3 is 20.8 Å². The Labute approximate surface area is 127 Å². The third-order valence-corrected chi connectivity index (χ3v) is 2.96. The van der Waals surface area contributed by atoms with E-state index in [-0.39, 0.29) is 11.7 Å². The number of amides is 2. The fourth-order valence-electron chi connectivity index (χ4n) is 1.99. The van der Waals surface area contributed by atoms with Gasteiger partial charge in [-0.15, -0.1) is 0 Å². The molecule has 22 heavy (non-hydrogen) atoms. The van der Waals surface area contributed by atoms with Crippen LogP contribution in [0.3, 0.4) is 0 Å². The summed E-state index contributed by atoms with van der Waals surface area (Å²) in [5.41, 5.74) is 6.62. The summed E-state index contributed by atoms with van der Waals surface area (Å²) in [6.45, 7) is 4.06. The maximum absolute atomic E-state index is 12.2. The number of anilines is 1. The molecule has 0 aliphatic rings. The number of benzene rings is 1. The van der Waals surface area contributed by atoms with E-state index >= 15 is 0 Å². The molecule has 0 spiro atoms. The highest BCUT2D eigenvalue weighted by atomic mass is 16.4. The van der Waals surface area contributed by atoms with Gasteiger partial charge in [-0.05, 0) is 19.1 Å². The molecule has 7 nitrogen and oxygen atoms in total. The number of rotatable bonds is 5. The number of aromatic nitrogens is 1. The first kappa shape index (κ1) is 15.7. The van der Waals surface area contributed by atoms with Gasteiger partial charge in [0, 0.05) is 20.0 Å². The van der Waals surface area contributed by atoms with Gasteiger partial charge in [0.2, 0.25) is 5.76 Å². The van der Waals surface area contributed by atoms with Crippen LogP contribution >= 0.6 is 0 Å². The van der Waals surface area contributed by atoms with Gasteiger partial charge in [0.15, 0.2) is 5.89 Å². The van der Waals surface area contributed by atoms with Crippen LogP contribution in [0.15, 0.2) is 28.7 Å². The zero-order valence-corrected chi connectivity index (χ0v) is 12.5. The molecule has 0 radical (unpaired) electrons. The topological polar surface area (TPSA) is 110 Å². The summed E-state index contributed by atoms with van der Waals surface area (Å²) in [6.07, 6.45) is 0. The average molecular weight is 302 g/mol. The summed E-state index contributed by atoms with van der Waals surface area (Å²) >= 11 is 0. The summed E-state index contributed by atoms with van der Waals surface area (Å²) in [5.74, 6) is -0.199. The maximum atomic E-state index is 12.2. The van der Waals surface area contributed by atoms with E-state index in [2.05, 4.69) is 15.6 Å². The molecule has 0 atom stereocenters. The molecule has 7 heteroatoms. The van der Waals surface area contributed by atoms with Crippen LogP contribution in [-0.2, 0) is 0 Å². The molecule has 0 saturated carbocycles. The maximum Gasteiger partial charge on any atom is 0.293 e. The highest BCUT2D eigenvalue weighted by molar-refractivity contribution is 6.08. The molecule has 1 aromatic carbocycles. The second-order valence-corrected chi connectivity index (χ2v) is 4.69. The molecule has 4 N–H and O–H groups in total. The number of hydrogen-bond donors (Lipinski definition) is 3. The third-order valence-electron chi connectivity index (χ3n) is 2.96. The van der Waals surface area contributed by atoms with E-state index in [0.29, 0.717) is 35.9 Å². The van der Waals surface area contributed by atoms with Crippen LogP contribution in [-0.4, -0.2) is 29.9 Å². The van der Waals surface area contributed by atoms with Gasteiger partial charge in [0.05, 0.1) is 16.9 Å². The van der Waals surface area contributed by atoms with Gasteiger partial charge >= 0.3 is 0 Å². The van der Waals surface area contributed by atoms with Crippen LogP contribution in [0.2, 0.25) is 0 Å². The standard InChI is InChI=1S/C15H18N4O3/c1-9-13(22-10(2)18-9)15(21)19-12-6-4-3-5-11(12)14(20)17-8-7-16/h3-6H,7-8,16H2,1-2H3,(H,17,20)(H,19,21). The van der Waals surface area contributed by atoms with Crippen molar-refractivity contribution in [2.75, 3.05) is 18.4 Å². The first-order chi connectivity index (χ1) is 10.5. The fraction of sp³-hybridized carbons (Fsp3) is 0.267. The smallest absolute Gasteiger partial charge is 0.293 e. The fourth-order valence-corrected chi connectivity index (χ4v) is 1.99. The SMILES string of the molecule is Cc1nc(C)c(C(=O)Nc2ccccc2C(=O)NCCN)o1. The van der Waals surface area contributed by atoms with Crippen molar-refractivity contribution < 1.29 is 14.0 Å². The molecule has 1 aromatic heterocycles. The summed E-state index contributed by atoms with van der Waals surface area (Å²) in [6, 6.07) is 6.72. The summed E-state index contributed by atoms with van der Waals surface area (Å²) in [5, 5.41) is 5.34. The van der Waals surface area contributed by atoms with Gasteiger partial charge in [-0.1, -0.05) is 12.1 Å². The van der Waals surface area contributed by atoms with Gasteiger partial charge in [-0.2, -0.15) is 0 Å². The first-order valence-corrected chi connectivity index (χ1v) is 6.85. The Morgan fingerprint density at radius 1 is 1.23 bits per heavy atom. The Bertz CT molecular complexity index is 694. The number of nitrogens with two attached hydrogens (primary N) is 1. The number of aryl methyl sites for hydroxylation is 2. The normalized spacial score (nSPS) is 10.3. The molecule has 1 heterocycles. The molecule has 0 unspecified atom stereocenters. The minimum Gasteiger partial charge on any atom is -0.436 e. The molecular formula is C15H18N4O3. The quantitative estimate of drug-likeness (QED) is 0.769. The molecule has 0 saturated heterocycles. The largest absolute Gasteiger partial charge is 0.436 e. The first-order valence-electron chi connectivity index (χ1n) is 6.85. The number of carbonyl (C=O) groups is 2. The molecule has 2 amide bonds. The van der Waals surface area contributed by atoms with Crippen LogP contribution < -0.4 is 16.4 Å². The number of oxazole rings is 1. The van der Waals surface area contributed by atoms with Gasteiger partial charge in [-0.25, -0.2) is 4.98 Å². The van der Waals surface area contributed by atoms with Crippen LogP contribution in [0.5, 0.6) is 0 Å². The van der Waals surface area contributed by atoms with E-state index in [1.54, 1.807) is 38.1 Å². The Kier molecular flexibility index (Phi) is 4.90. The Hall–Kier alpha value is -2.67. The van der Waals surface area contributed by atoms with Gasteiger partial charge in [0.25, 0.3) is 11.8 Å². The number of nitrogens with one attached hydrogen (secondary N) is 2. The van der Waals surface area contributed by atoms with Crippen molar-refractivity contribution in [3.63, 3.8) is 0 Å². The minimum atomic E-state index is -0.447. The average Bonchev–Trinajstić information content (AvgIpc) is 2.84. The Balaban J connectivity index is 2.21. The van der Waals surface area contributed by atoms with Crippen molar-refractivity contribution in [1.29, 1.82) is 0 Å². The second kappa shape index (κ2) is 6.86. The Morgan fingerprint density at radius 2 is 1.95 bits per heavy atom. The van der Waals surface area contributed by atoms with E-state index < -0.39 is 5.91 Å². The van der Waals surface area contributed by atoms with E-state index in [9.17, 15) is 9.59 Å². The summed E-state index contributed by atoms with van der Waals surface area (Å²) in [4.78, 5) is 28.4. The highest BCUT2D eigenvalue weighted by Gasteiger charge is 2.18. The van der Waals surface area contributed by atoms with E-state index in [1.165, 1.54) is 0 Å². The van der Waals surface area contributed by atoms with Crippen molar-refractivity contribution in [2.45, 2.75) is 13.8 Å². The van der Waals surface area contributed by atoms with Crippen LogP contribution in [0.4, 0.5) is 5.69 Å². The second-order valence-electron chi connectivity index (χ2n) is 4.69. The predicted molar refractivity (Wildman–Crippen MR) is 81.8 cm³/mol. The van der Waals surface area contributed by atoms with E-state index in [1.807, 2.05) is 0 Å². The molecule has 0 aliphatic heterocycles. The zero-order valence-electron chi connectivity index (χ0n) is 12.5. The molecular weight excluding hydrogens is 284 g/mol. The number of hydrogen-bond acceptors (Lipinski definition) is 5. The van der Waals surface area contributed by atoms with Crippen LogP contribution in [0.1, 0.15) is 32.5 Å². The number of nitrogens with zero attached hydrogens (tertiary/aromatic N) is 1. The van der Waals surface area contributed by atoms with Crippen molar-refractivity contribution in [2.24, 2.45) is 5.73 Å². The minimum absolute atomic E-state index is 0.134. The molecule has 0 fully saturated rings. The lowest BCUT2D eigenvalue weighted by Crippen LogP contribution is -2.30. The lowest BCUT2D eigenvalue weighted by atomic mass is 10.1. The van der Waals surface area contributed by atoms with Crippen molar-refractivity contribution >= 4 is 17.5 Å². The van der Waals surface area contributed by atoms with Crippen molar-refractivity contribution in [1.82, 2.24) is 10.3 Å². The van der Waals surface area contributed by atoms with Gasteiger partial charge in [-0.3, -0.25) is 9.59 Å². The lowest BCUT2D eigenvalue weighted by molar-refractivity contribution is 0.0955. The monoisotopic (exact) mass is 302 g/mol. The predicted octanol–water partition coefficient (Wildman–Crippen LogP) is 1.23. The number of para-hydroxylation sites is 1. The highest BCUT2D eigenvalue weighted by Crippen LogP contribution is 2.17. The lowest BCUT2D eigenvalue weighted by Gasteiger charge is -2.10. The van der Waals surface area contributed by atoms with E-state index in [4.69, 9.17) is 10.2 Å². The molecule has 2 rings (SSSR count). The zero-order chi connectivity index (χ0) is 16.1. The van der Waals surface area contributed by atoms with Crippen LogP contribution in [0, 0.1) is 13.8 Å². The van der Waals surface area contributed by atoms with Crippen LogP contribution in [0.25, 0.3) is 0 Å². The number of carbonyl (C=O) groups excluding carboxylic acids is 2. The summed E-state index contributed by atoms with van der Waals surface area (Å²) < 4.78 is 5.27. The third kappa shape index (κ3) is 3.50. The summed E-state index contributed by atoms with van der Waals surface area (Å²) in [7, 11) is 0. The molecule has 0 bridgehead atoms.